The number of halogens is 1. The van der Waals surface area contributed by atoms with Gasteiger partial charge in [0, 0.05) is 28.4 Å². The van der Waals surface area contributed by atoms with Crippen LogP contribution in [0.1, 0.15) is 15.9 Å². The fraction of sp³-hybridized carbons (Fsp3) is 0.158. The Kier molecular flexibility index (Phi) is 4.86. The first-order chi connectivity index (χ1) is 12.4. The summed E-state index contributed by atoms with van der Waals surface area (Å²) in [6.45, 7) is 1.94. The van der Waals surface area contributed by atoms with Crippen molar-refractivity contribution in [3.63, 3.8) is 0 Å². The van der Waals surface area contributed by atoms with E-state index >= 15 is 0 Å². The molecule has 1 amide bonds. The fourth-order valence-corrected chi connectivity index (χ4v) is 2.88. The number of amides is 1. The van der Waals surface area contributed by atoms with Crippen molar-refractivity contribution in [3.8, 4) is 11.5 Å². The monoisotopic (exact) mass is 371 g/mol. The number of nitrogens with one attached hydrogen (secondary N) is 1. The van der Waals surface area contributed by atoms with Crippen LogP contribution >= 0.6 is 11.6 Å². The number of hydrogen-bond donors (Lipinski definition) is 2. The molecular weight excluding hydrogens is 354 g/mol. The standard InChI is InChI=1S/C19H18ClN3O3/c1-10-4-5-11(20)6-14(10)23-18-12-7-16(25-2)17(26-3)8-15(12)22-9-13(18)19(21)24/h4-9H,1-3H3,(H2,21,24)(H,22,23). The molecule has 0 fully saturated rings. The van der Waals surface area contributed by atoms with Gasteiger partial charge >= 0.3 is 0 Å². The number of rotatable bonds is 5. The van der Waals surface area contributed by atoms with Gasteiger partial charge in [0.25, 0.3) is 5.91 Å². The van der Waals surface area contributed by atoms with Gasteiger partial charge in [0.2, 0.25) is 0 Å². The molecule has 0 spiro atoms. The molecular formula is C19H18ClN3O3. The highest BCUT2D eigenvalue weighted by atomic mass is 35.5. The maximum absolute atomic E-state index is 11.9. The summed E-state index contributed by atoms with van der Waals surface area (Å²) in [5.74, 6) is 0.481. The van der Waals surface area contributed by atoms with Gasteiger partial charge in [-0.15, -0.1) is 0 Å². The van der Waals surface area contributed by atoms with Gasteiger partial charge in [0.15, 0.2) is 11.5 Å². The molecule has 0 radical (unpaired) electrons. The number of carbonyl (C=O) groups is 1. The Balaban J connectivity index is 2.27. The van der Waals surface area contributed by atoms with E-state index in [1.165, 1.54) is 6.20 Å². The number of aryl methyl sites for hydroxylation is 1. The van der Waals surface area contributed by atoms with E-state index in [9.17, 15) is 4.79 Å². The van der Waals surface area contributed by atoms with E-state index in [1.807, 2.05) is 13.0 Å². The van der Waals surface area contributed by atoms with Gasteiger partial charge in [-0.05, 0) is 30.7 Å². The number of pyridine rings is 1. The second-order valence-electron chi connectivity index (χ2n) is 5.72. The molecule has 3 aromatic rings. The van der Waals surface area contributed by atoms with Crippen LogP contribution in [0.4, 0.5) is 11.4 Å². The van der Waals surface area contributed by atoms with E-state index in [1.54, 1.807) is 38.5 Å². The molecule has 1 heterocycles. The number of fused-ring (bicyclic) bond motifs is 1. The predicted octanol–water partition coefficient (Wildman–Crippen LogP) is 4.06. The van der Waals surface area contributed by atoms with Crippen LogP contribution in [0.5, 0.6) is 11.5 Å². The van der Waals surface area contributed by atoms with Crippen LogP contribution in [0.25, 0.3) is 10.9 Å². The Morgan fingerprint density at radius 3 is 2.50 bits per heavy atom. The first kappa shape index (κ1) is 17.8. The summed E-state index contributed by atoms with van der Waals surface area (Å²) in [4.78, 5) is 16.3. The number of benzene rings is 2. The Morgan fingerprint density at radius 2 is 1.85 bits per heavy atom. The minimum Gasteiger partial charge on any atom is -0.493 e. The van der Waals surface area contributed by atoms with Crippen molar-refractivity contribution in [2.45, 2.75) is 6.92 Å². The van der Waals surface area contributed by atoms with Gasteiger partial charge in [0.1, 0.15) is 0 Å². The SMILES string of the molecule is COc1cc2ncc(C(N)=O)c(Nc3cc(Cl)ccc3C)c2cc1OC. The number of nitrogens with zero attached hydrogens (tertiary/aromatic N) is 1. The van der Waals surface area contributed by atoms with Crippen molar-refractivity contribution < 1.29 is 14.3 Å². The van der Waals surface area contributed by atoms with Gasteiger partial charge < -0.3 is 20.5 Å². The third kappa shape index (κ3) is 3.23. The summed E-state index contributed by atoms with van der Waals surface area (Å²) >= 11 is 6.11. The van der Waals surface area contributed by atoms with Crippen LogP contribution in [0.2, 0.25) is 5.02 Å². The molecule has 0 unspecified atom stereocenters. The van der Waals surface area contributed by atoms with E-state index in [0.29, 0.717) is 33.1 Å². The molecule has 3 N–H and O–H groups in total. The molecule has 0 bridgehead atoms. The Morgan fingerprint density at radius 1 is 1.15 bits per heavy atom. The number of hydrogen-bond acceptors (Lipinski definition) is 5. The number of methoxy groups -OCH3 is 2. The maximum Gasteiger partial charge on any atom is 0.252 e. The smallest absolute Gasteiger partial charge is 0.252 e. The number of carbonyl (C=O) groups excluding carboxylic acids is 1. The van der Waals surface area contributed by atoms with E-state index < -0.39 is 5.91 Å². The molecule has 7 heteroatoms. The van der Waals surface area contributed by atoms with Crippen molar-refractivity contribution in [1.29, 1.82) is 0 Å². The molecule has 1 aromatic heterocycles. The summed E-state index contributed by atoms with van der Waals surface area (Å²) in [5, 5.41) is 4.53. The van der Waals surface area contributed by atoms with Crippen LogP contribution in [-0.4, -0.2) is 25.1 Å². The zero-order chi connectivity index (χ0) is 18.8. The third-order valence-corrected chi connectivity index (χ3v) is 4.33. The quantitative estimate of drug-likeness (QED) is 0.706. The van der Waals surface area contributed by atoms with Gasteiger partial charge in [-0.2, -0.15) is 0 Å². The lowest BCUT2D eigenvalue weighted by Gasteiger charge is -2.16. The highest BCUT2D eigenvalue weighted by molar-refractivity contribution is 6.31. The van der Waals surface area contributed by atoms with Crippen LogP contribution < -0.4 is 20.5 Å². The summed E-state index contributed by atoms with van der Waals surface area (Å²) < 4.78 is 10.7. The average Bonchev–Trinajstić information content (AvgIpc) is 2.63. The number of primary amides is 1. The van der Waals surface area contributed by atoms with Crippen molar-refractivity contribution >= 4 is 39.8 Å². The number of aromatic nitrogens is 1. The highest BCUT2D eigenvalue weighted by Crippen LogP contribution is 2.37. The summed E-state index contributed by atoms with van der Waals surface area (Å²) in [6, 6.07) is 8.98. The molecule has 134 valence electrons. The lowest BCUT2D eigenvalue weighted by molar-refractivity contribution is 0.100. The van der Waals surface area contributed by atoms with Gasteiger partial charge in [-0.25, -0.2) is 0 Å². The van der Waals surface area contributed by atoms with Gasteiger partial charge in [-0.3, -0.25) is 9.78 Å². The summed E-state index contributed by atoms with van der Waals surface area (Å²) in [6.07, 6.45) is 1.44. The molecule has 0 aliphatic rings. The zero-order valence-corrected chi connectivity index (χ0v) is 15.3. The molecule has 0 saturated carbocycles. The number of anilines is 2. The summed E-state index contributed by atoms with van der Waals surface area (Å²) in [5.41, 5.74) is 8.72. The fourth-order valence-electron chi connectivity index (χ4n) is 2.70. The molecule has 0 aliphatic carbocycles. The molecule has 6 nitrogen and oxygen atoms in total. The first-order valence-electron chi connectivity index (χ1n) is 7.82. The van der Waals surface area contributed by atoms with Crippen LogP contribution in [0.15, 0.2) is 36.5 Å². The first-order valence-corrected chi connectivity index (χ1v) is 8.20. The Bertz CT molecular complexity index is 1000. The molecule has 0 aliphatic heterocycles. The largest absolute Gasteiger partial charge is 0.493 e. The van der Waals surface area contributed by atoms with E-state index in [-0.39, 0.29) is 5.56 Å². The number of nitrogens with two attached hydrogens (primary N) is 1. The minimum absolute atomic E-state index is 0.268. The van der Waals surface area contributed by atoms with Gasteiger partial charge in [0.05, 0.1) is 31.0 Å². The Labute approximate surface area is 155 Å². The lowest BCUT2D eigenvalue weighted by atomic mass is 10.1. The summed E-state index contributed by atoms with van der Waals surface area (Å²) in [7, 11) is 3.10. The minimum atomic E-state index is -0.587. The van der Waals surface area contributed by atoms with Crippen LogP contribution in [-0.2, 0) is 0 Å². The zero-order valence-electron chi connectivity index (χ0n) is 14.6. The predicted molar refractivity (Wildman–Crippen MR) is 103 cm³/mol. The van der Waals surface area contributed by atoms with E-state index in [2.05, 4.69) is 10.3 Å². The highest BCUT2D eigenvalue weighted by Gasteiger charge is 2.17. The second-order valence-corrected chi connectivity index (χ2v) is 6.16. The van der Waals surface area contributed by atoms with Crippen molar-refractivity contribution in [3.05, 3.63) is 52.7 Å². The average molecular weight is 372 g/mol. The second kappa shape index (κ2) is 7.09. The molecule has 26 heavy (non-hydrogen) atoms. The molecule has 3 rings (SSSR count). The Hall–Kier alpha value is -2.99. The topological polar surface area (TPSA) is 86.5 Å². The normalized spacial score (nSPS) is 10.6. The maximum atomic E-state index is 11.9. The van der Waals surface area contributed by atoms with Crippen molar-refractivity contribution in [1.82, 2.24) is 4.98 Å². The molecule has 0 saturated heterocycles. The van der Waals surface area contributed by atoms with Crippen LogP contribution in [0.3, 0.4) is 0 Å². The molecule has 2 aromatic carbocycles. The van der Waals surface area contributed by atoms with Crippen molar-refractivity contribution in [2.75, 3.05) is 19.5 Å². The lowest BCUT2D eigenvalue weighted by Crippen LogP contribution is -2.14. The van der Waals surface area contributed by atoms with Crippen molar-refractivity contribution in [2.24, 2.45) is 5.73 Å². The van der Waals surface area contributed by atoms with Crippen LogP contribution in [0, 0.1) is 6.92 Å². The molecule has 0 atom stereocenters. The number of ether oxygens (including phenoxy) is 2. The third-order valence-electron chi connectivity index (χ3n) is 4.10. The van der Waals surface area contributed by atoms with E-state index in [0.717, 1.165) is 11.3 Å². The van der Waals surface area contributed by atoms with Gasteiger partial charge in [-0.1, -0.05) is 17.7 Å². The van der Waals surface area contributed by atoms with E-state index in [4.69, 9.17) is 26.8 Å².